The van der Waals surface area contributed by atoms with Gasteiger partial charge in [0, 0.05) is 26.7 Å². The van der Waals surface area contributed by atoms with Crippen LogP contribution in [0.25, 0.3) is 0 Å². The van der Waals surface area contributed by atoms with E-state index in [1.165, 1.54) is 0 Å². The molecular formula is C19H26N2O5. The average Bonchev–Trinajstić information content (AvgIpc) is 3.48. The summed E-state index contributed by atoms with van der Waals surface area (Å²) in [6, 6.07) is 3.90. The van der Waals surface area contributed by atoms with Gasteiger partial charge in [-0.1, -0.05) is 0 Å². The molecule has 0 bridgehead atoms. The van der Waals surface area contributed by atoms with Gasteiger partial charge in [0.05, 0.1) is 20.8 Å². The summed E-state index contributed by atoms with van der Waals surface area (Å²) in [6.07, 6.45) is 1.96. The lowest BCUT2D eigenvalue weighted by atomic mass is 9.96. The van der Waals surface area contributed by atoms with Crippen LogP contribution >= 0.6 is 0 Å². The molecule has 0 saturated heterocycles. The highest BCUT2D eigenvalue weighted by atomic mass is 16.5. The van der Waals surface area contributed by atoms with Crippen molar-refractivity contribution in [1.82, 2.24) is 10.2 Å². The molecule has 1 N–H and O–H groups in total. The van der Waals surface area contributed by atoms with E-state index >= 15 is 0 Å². The molecule has 2 amide bonds. The maximum absolute atomic E-state index is 13.0. The van der Waals surface area contributed by atoms with Gasteiger partial charge < -0.3 is 24.4 Å². The van der Waals surface area contributed by atoms with E-state index in [2.05, 4.69) is 5.32 Å². The Labute approximate surface area is 153 Å². The van der Waals surface area contributed by atoms with Gasteiger partial charge in [0.1, 0.15) is 5.41 Å². The first-order valence-electron chi connectivity index (χ1n) is 8.86. The number of rotatable bonds is 7. The Morgan fingerprint density at radius 1 is 1.12 bits per heavy atom. The molecule has 0 aromatic heterocycles. The Kier molecular flexibility index (Phi) is 5.36. The number of nitrogens with zero attached hydrogens (tertiary/aromatic N) is 1. The topological polar surface area (TPSA) is 77.1 Å². The third-order valence-corrected chi connectivity index (χ3v) is 5.19. The highest BCUT2D eigenvalue weighted by Crippen LogP contribution is 2.48. The molecule has 1 aliphatic carbocycles. The zero-order valence-electron chi connectivity index (χ0n) is 15.6. The van der Waals surface area contributed by atoms with Crippen molar-refractivity contribution in [1.29, 1.82) is 0 Å². The third-order valence-electron chi connectivity index (χ3n) is 5.19. The number of carbonyl (C=O) groups excluding carboxylic acids is 2. The second-order valence-corrected chi connectivity index (χ2v) is 6.78. The van der Waals surface area contributed by atoms with E-state index in [0.29, 0.717) is 50.6 Å². The van der Waals surface area contributed by atoms with Crippen molar-refractivity contribution in [2.45, 2.75) is 25.8 Å². The van der Waals surface area contributed by atoms with Crippen LogP contribution in [-0.2, 0) is 27.3 Å². The first-order chi connectivity index (χ1) is 12.6. The largest absolute Gasteiger partial charge is 0.493 e. The lowest BCUT2D eigenvalue weighted by Crippen LogP contribution is -2.47. The first-order valence-corrected chi connectivity index (χ1v) is 8.86. The van der Waals surface area contributed by atoms with Gasteiger partial charge in [0.25, 0.3) is 0 Å². The third kappa shape index (κ3) is 3.35. The van der Waals surface area contributed by atoms with Crippen LogP contribution in [0.5, 0.6) is 11.5 Å². The Morgan fingerprint density at radius 2 is 1.77 bits per heavy atom. The zero-order chi connectivity index (χ0) is 18.7. The maximum atomic E-state index is 13.0. The Balaban J connectivity index is 1.72. The lowest BCUT2D eigenvalue weighted by molar-refractivity contribution is -0.145. The van der Waals surface area contributed by atoms with E-state index in [1.54, 1.807) is 26.2 Å². The fourth-order valence-electron chi connectivity index (χ4n) is 3.46. The van der Waals surface area contributed by atoms with Crippen LogP contribution in [-0.4, -0.2) is 57.7 Å². The summed E-state index contributed by atoms with van der Waals surface area (Å²) in [5.74, 6) is 1.09. The van der Waals surface area contributed by atoms with Gasteiger partial charge in [0.15, 0.2) is 11.5 Å². The van der Waals surface area contributed by atoms with Gasteiger partial charge in [-0.3, -0.25) is 9.59 Å². The highest BCUT2D eigenvalue weighted by Gasteiger charge is 2.58. The summed E-state index contributed by atoms with van der Waals surface area (Å²) in [5, 5.41) is 2.81. The van der Waals surface area contributed by atoms with E-state index in [4.69, 9.17) is 14.2 Å². The minimum absolute atomic E-state index is 0.0761. The SMILES string of the molecule is COCCNC(=O)C1(C(=O)N2CCc3cc(OC)c(OC)cc3C2)CC1. The summed E-state index contributed by atoms with van der Waals surface area (Å²) in [6.45, 7) is 1.95. The van der Waals surface area contributed by atoms with Crippen LogP contribution in [0.3, 0.4) is 0 Å². The quantitative estimate of drug-likeness (QED) is 0.581. The van der Waals surface area contributed by atoms with Gasteiger partial charge in [-0.2, -0.15) is 0 Å². The molecule has 142 valence electrons. The molecule has 7 nitrogen and oxygen atoms in total. The predicted molar refractivity (Wildman–Crippen MR) is 95.2 cm³/mol. The van der Waals surface area contributed by atoms with E-state index in [1.807, 2.05) is 12.1 Å². The van der Waals surface area contributed by atoms with Crippen molar-refractivity contribution in [3.63, 3.8) is 0 Å². The van der Waals surface area contributed by atoms with E-state index in [9.17, 15) is 9.59 Å². The minimum Gasteiger partial charge on any atom is -0.493 e. The van der Waals surface area contributed by atoms with Crippen molar-refractivity contribution < 1.29 is 23.8 Å². The highest BCUT2D eigenvalue weighted by molar-refractivity contribution is 6.07. The average molecular weight is 362 g/mol. The van der Waals surface area contributed by atoms with Crippen molar-refractivity contribution in [2.75, 3.05) is 41.0 Å². The molecule has 1 saturated carbocycles. The van der Waals surface area contributed by atoms with Crippen molar-refractivity contribution in [2.24, 2.45) is 5.41 Å². The molecule has 1 fully saturated rings. The molecule has 1 aliphatic heterocycles. The molecule has 2 aliphatic rings. The standard InChI is InChI=1S/C19H26N2O5/c1-24-9-7-20-17(22)19(5-6-19)18(23)21-8-4-13-10-15(25-2)16(26-3)11-14(13)12-21/h10-11H,4-9,12H2,1-3H3,(H,20,22). The van der Waals surface area contributed by atoms with Crippen molar-refractivity contribution in [3.8, 4) is 11.5 Å². The first kappa shape index (κ1) is 18.5. The van der Waals surface area contributed by atoms with Crippen LogP contribution in [0.4, 0.5) is 0 Å². The molecular weight excluding hydrogens is 336 g/mol. The second kappa shape index (κ2) is 7.53. The number of carbonyl (C=O) groups is 2. The molecule has 1 aromatic carbocycles. The number of benzene rings is 1. The molecule has 7 heteroatoms. The number of methoxy groups -OCH3 is 3. The molecule has 0 radical (unpaired) electrons. The molecule has 1 aromatic rings. The number of fused-ring (bicyclic) bond motifs is 1. The summed E-state index contributed by atoms with van der Waals surface area (Å²) in [5.41, 5.74) is 1.31. The van der Waals surface area contributed by atoms with E-state index < -0.39 is 5.41 Å². The summed E-state index contributed by atoms with van der Waals surface area (Å²) >= 11 is 0. The molecule has 0 atom stereocenters. The number of ether oxygens (including phenoxy) is 3. The van der Waals surface area contributed by atoms with Crippen LogP contribution < -0.4 is 14.8 Å². The van der Waals surface area contributed by atoms with Crippen molar-refractivity contribution in [3.05, 3.63) is 23.3 Å². The van der Waals surface area contributed by atoms with Crippen molar-refractivity contribution >= 4 is 11.8 Å². The Bertz CT molecular complexity index is 699. The fourth-order valence-corrected chi connectivity index (χ4v) is 3.46. The van der Waals surface area contributed by atoms with Gasteiger partial charge in [-0.15, -0.1) is 0 Å². The second-order valence-electron chi connectivity index (χ2n) is 6.78. The number of amides is 2. The molecule has 3 rings (SSSR count). The van der Waals surface area contributed by atoms with Gasteiger partial charge in [-0.05, 0) is 42.5 Å². The number of nitrogens with one attached hydrogen (secondary N) is 1. The Morgan fingerprint density at radius 3 is 2.35 bits per heavy atom. The van der Waals surface area contributed by atoms with Crippen LogP contribution in [0.2, 0.25) is 0 Å². The summed E-state index contributed by atoms with van der Waals surface area (Å²) in [4.78, 5) is 27.3. The van der Waals surface area contributed by atoms with Crippen LogP contribution in [0.15, 0.2) is 12.1 Å². The summed E-state index contributed by atoms with van der Waals surface area (Å²) in [7, 11) is 4.79. The van der Waals surface area contributed by atoms with Gasteiger partial charge >= 0.3 is 0 Å². The zero-order valence-corrected chi connectivity index (χ0v) is 15.6. The van der Waals surface area contributed by atoms with Crippen LogP contribution in [0.1, 0.15) is 24.0 Å². The predicted octanol–water partition coefficient (Wildman–Crippen LogP) is 1.13. The molecule has 0 unspecified atom stereocenters. The molecule has 26 heavy (non-hydrogen) atoms. The van der Waals surface area contributed by atoms with E-state index in [-0.39, 0.29) is 11.8 Å². The monoisotopic (exact) mass is 362 g/mol. The maximum Gasteiger partial charge on any atom is 0.238 e. The molecule has 1 heterocycles. The Hall–Kier alpha value is -2.28. The van der Waals surface area contributed by atoms with Gasteiger partial charge in [0.2, 0.25) is 11.8 Å². The lowest BCUT2D eigenvalue weighted by Gasteiger charge is -2.32. The number of hydrogen-bond donors (Lipinski definition) is 1. The number of hydrogen-bond acceptors (Lipinski definition) is 5. The summed E-state index contributed by atoms with van der Waals surface area (Å²) < 4.78 is 15.7. The van der Waals surface area contributed by atoms with Crippen LogP contribution in [0, 0.1) is 5.41 Å². The smallest absolute Gasteiger partial charge is 0.238 e. The van der Waals surface area contributed by atoms with E-state index in [0.717, 1.165) is 17.5 Å². The fraction of sp³-hybridized carbons (Fsp3) is 0.579. The molecule has 0 spiro atoms. The normalized spacial score (nSPS) is 17.3. The minimum atomic E-state index is -0.887. The van der Waals surface area contributed by atoms with Gasteiger partial charge in [-0.25, -0.2) is 0 Å².